The smallest absolute Gasteiger partial charge is 0.225 e. The summed E-state index contributed by atoms with van der Waals surface area (Å²) < 4.78 is 19.3. The van der Waals surface area contributed by atoms with Gasteiger partial charge in [-0.2, -0.15) is 4.98 Å². The molecule has 2 aliphatic rings. The van der Waals surface area contributed by atoms with Crippen LogP contribution in [-0.4, -0.2) is 55.3 Å². The van der Waals surface area contributed by atoms with Gasteiger partial charge in [0, 0.05) is 0 Å². The maximum Gasteiger partial charge on any atom is 0.225 e. The van der Waals surface area contributed by atoms with E-state index < -0.39 is 24.2 Å². The lowest BCUT2D eigenvalue weighted by atomic mass is 10.1. The quantitative estimate of drug-likeness (QED) is 0.641. The van der Waals surface area contributed by atoms with Gasteiger partial charge in [-0.15, -0.1) is 0 Å². The Morgan fingerprint density at radius 3 is 2.74 bits per heavy atom. The molecule has 0 aliphatic carbocycles. The van der Waals surface area contributed by atoms with Crippen molar-refractivity contribution >= 4 is 34.4 Å². The van der Waals surface area contributed by atoms with E-state index in [2.05, 4.69) is 15.0 Å². The van der Waals surface area contributed by atoms with E-state index in [9.17, 15) is 5.11 Å². The zero-order chi connectivity index (χ0) is 16.4. The normalized spacial score (nSPS) is 32.6. The lowest BCUT2D eigenvalue weighted by Crippen LogP contribution is -2.31. The molecule has 1 N–H and O–H groups in total. The number of nitrogens with zero attached hydrogens (tertiary/aromatic N) is 4. The summed E-state index contributed by atoms with van der Waals surface area (Å²) in [5.41, 5.74) is 0.854. The summed E-state index contributed by atoms with van der Waals surface area (Å²) in [6.45, 7) is 3.46. The minimum absolute atomic E-state index is 0.0152. The first kappa shape index (κ1) is 15.5. The molecule has 23 heavy (non-hydrogen) atoms. The molecule has 0 radical (unpaired) electrons. The Labute approximate surface area is 141 Å². The van der Waals surface area contributed by atoms with E-state index in [1.807, 2.05) is 13.8 Å². The Morgan fingerprint density at radius 2 is 2.00 bits per heavy atom. The van der Waals surface area contributed by atoms with E-state index in [4.69, 9.17) is 37.4 Å². The van der Waals surface area contributed by atoms with Crippen LogP contribution in [0, 0.1) is 0 Å². The minimum atomic E-state index is -0.758. The number of rotatable bonds is 2. The van der Waals surface area contributed by atoms with Crippen molar-refractivity contribution in [2.45, 2.75) is 44.2 Å². The Kier molecular flexibility index (Phi) is 3.53. The molecule has 4 atom stereocenters. The molecule has 124 valence electrons. The first-order valence-electron chi connectivity index (χ1n) is 7.07. The lowest BCUT2D eigenvalue weighted by Gasteiger charge is -2.24. The van der Waals surface area contributed by atoms with E-state index in [1.54, 1.807) is 4.57 Å². The number of aromatic nitrogens is 4. The van der Waals surface area contributed by atoms with Crippen molar-refractivity contribution in [2.24, 2.45) is 0 Å². The molecule has 0 amide bonds. The first-order valence-corrected chi connectivity index (χ1v) is 7.83. The van der Waals surface area contributed by atoms with Gasteiger partial charge in [-0.1, -0.05) is 11.6 Å². The van der Waals surface area contributed by atoms with Crippen molar-refractivity contribution in [3.05, 3.63) is 16.8 Å². The summed E-state index contributed by atoms with van der Waals surface area (Å²) >= 11 is 11.9. The number of hydrogen-bond donors (Lipinski definition) is 1. The Bertz CT molecular complexity index is 768. The SMILES string of the molecule is CC1(C)O[C@@H]2[C@H](O1)C(CO)O[C@H]2n1cnc2c(Cl)nc(Cl)nc21. The second-order valence-corrected chi connectivity index (χ2v) is 6.62. The highest BCUT2D eigenvalue weighted by Gasteiger charge is 2.55. The second kappa shape index (κ2) is 5.23. The highest BCUT2D eigenvalue weighted by Crippen LogP contribution is 2.43. The Hall–Kier alpha value is -1.03. The molecule has 1 unspecified atom stereocenters. The molecule has 0 bridgehead atoms. The Morgan fingerprint density at radius 1 is 1.26 bits per heavy atom. The van der Waals surface area contributed by atoms with Gasteiger partial charge in [0.1, 0.15) is 23.8 Å². The fraction of sp³-hybridized carbons (Fsp3) is 0.615. The highest BCUT2D eigenvalue weighted by atomic mass is 35.5. The largest absolute Gasteiger partial charge is 0.394 e. The van der Waals surface area contributed by atoms with Gasteiger partial charge in [0.2, 0.25) is 5.28 Å². The number of aliphatic hydroxyl groups is 1. The van der Waals surface area contributed by atoms with Crippen LogP contribution in [0.25, 0.3) is 11.2 Å². The van der Waals surface area contributed by atoms with Crippen LogP contribution in [0.2, 0.25) is 10.4 Å². The van der Waals surface area contributed by atoms with Crippen molar-refractivity contribution in [3.8, 4) is 0 Å². The fourth-order valence-electron chi connectivity index (χ4n) is 3.07. The third-order valence-electron chi connectivity index (χ3n) is 3.93. The fourth-order valence-corrected chi connectivity index (χ4v) is 3.49. The van der Waals surface area contributed by atoms with E-state index in [-0.39, 0.29) is 23.1 Å². The summed E-state index contributed by atoms with van der Waals surface area (Å²) in [6.07, 6.45) is -0.321. The molecule has 4 rings (SSSR count). The molecule has 2 aromatic rings. The molecule has 10 heteroatoms. The zero-order valence-electron chi connectivity index (χ0n) is 12.3. The molecular weight excluding hydrogens is 347 g/mol. The molecule has 0 saturated carbocycles. The van der Waals surface area contributed by atoms with Crippen LogP contribution in [0.4, 0.5) is 0 Å². The molecule has 2 fully saturated rings. The van der Waals surface area contributed by atoms with Crippen LogP contribution in [0.3, 0.4) is 0 Å². The number of imidazole rings is 1. The average molecular weight is 361 g/mol. The maximum absolute atomic E-state index is 9.55. The lowest BCUT2D eigenvalue weighted by molar-refractivity contribution is -0.199. The third-order valence-corrected chi connectivity index (χ3v) is 4.36. The van der Waals surface area contributed by atoms with Crippen LogP contribution in [0.1, 0.15) is 20.1 Å². The second-order valence-electron chi connectivity index (χ2n) is 5.92. The molecule has 8 nitrogen and oxygen atoms in total. The van der Waals surface area contributed by atoms with E-state index >= 15 is 0 Å². The predicted octanol–water partition coefficient (Wildman–Crippen LogP) is 1.54. The van der Waals surface area contributed by atoms with Gasteiger partial charge in [0.15, 0.2) is 22.8 Å². The van der Waals surface area contributed by atoms with Crippen molar-refractivity contribution in [1.82, 2.24) is 19.5 Å². The van der Waals surface area contributed by atoms with E-state index in [1.165, 1.54) is 6.33 Å². The van der Waals surface area contributed by atoms with Crippen molar-refractivity contribution in [1.29, 1.82) is 0 Å². The van der Waals surface area contributed by atoms with Crippen LogP contribution in [0.5, 0.6) is 0 Å². The van der Waals surface area contributed by atoms with Gasteiger partial charge in [0.25, 0.3) is 0 Å². The van der Waals surface area contributed by atoms with Gasteiger partial charge in [0.05, 0.1) is 12.9 Å². The van der Waals surface area contributed by atoms with Gasteiger partial charge in [-0.3, -0.25) is 4.57 Å². The first-order chi connectivity index (χ1) is 10.9. The molecule has 2 saturated heterocycles. The molecule has 2 aliphatic heterocycles. The van der Waals surface area contributed by atoms with Crippen LogP contribution < -0.4 is 0 Å². The molecule has 0 aromatic carbocycles. The van der Waals surface area contributed by atoms with Gasteiger partial charge < -0.3 is 19.3 Å². The number of fused-ring (bicyclic) bond motifs is 2. The van der Waals surface area contributed by atoms with Crippen LogP contribution >= 0.6 is 23.2 Å². The monoisotopic (exact) mass is 360 g/mol. The summed E-state index contributed by atoms with van der Waals surface area (Å²) in [5.74, 6) is -0.758. The van der Waals surface area contributed by atoms with Crippen molar-refractivity contribution in [3.63, 3.8) is 0 Å². The van der Waals surface area contributed by atoms with Gasteiger partial charge in [-0.25, -0.2) is 9.97 Å². The van der Waals surface area contributed by atoms with Gasteiger partial charge >= 0.3 is 0 Å². The highest BCUT2D eigenvalue weighted by molar-refractivity contribution is 6.35. The summed E-state index contributed by atoms with van der Waals surface area (Å²) in [5, 5.41) is 9.72. The van der Waals surface area contributed by atoms with Gasteiger partial charge in [-0.05, 0) is 25.4 Å². The summed E-state index contributed by atoms with van der Waals surface area (Å²) in [4.78, 5) is 12.3. The van der Waals surface area contributed by atoms with Crippen molar-refractivity contribution in [2.75, 3.05) is 6.61 Å². The molecular formula is C13H14Cl2N4O4. The summed E-state index contributed by atoms with van der Waals surface area (Å²) in [7, 11) is 0. The minimum Gasteiger partial charge on any atom is -0.394 e. The number of aliphatic hydroxyl groups excluding tert-OH is 1. The van der Waals surface area contributed by atoms with Crippen LogP contribution in [-0.2, 0) is 14.2 Å². The van der Waals surface area contributed by atoms with Crippen LogP contribution in [0.15, 0.2) is 6.33 Å². The third kappa shape index (κ3) is 2.41. The number of hydrogen-bond acceptors (Lipinski definition) is 7. The zero-order valence-corrected chi connectivity index (χ0v) is 13.8. The van der Waals surface area contributed by atoms with E-state index in [0.717, 1.165) is 0 Å². The number of halogens is 2. The van der Waals surface area contributed by atoms with E-state index in [0.29, 0.717) is 11.2 Å². The average Bonchev–Trinajstić information content (AvgIpc) is 3.09. The maximum atomic E-state index is 9.55. The number of ether oxygens (including phenoxy) is 3. The summed E-state index contributed by atoms with van der Waals surface area (Å²) in [6, 6.07) is 0. The van der Waals surface area contributed by atoms with Crippen molar-refractivity contribution < 1.29 is 19.3 Å². The Balaban J connectivity index is 1.79. The standard InChI is InChI=1S/C13H14Cl2N4O4/c1-13(2)22-7-5(3-20)21-11(8(7)23-13)19-4-16-6-9(14)17-12(15)18-10(6)19/h4-5,7-8,11,20H,3H2,1-2H3/t5?,7-,8-,11-/m1/s1. The molecule has 0 spiro atoms. The molecule has 4 heterocycles. The topological polar surface area (TPSA) is 91.5 Å². The molecule has 2 aromatic heterocycles. The predicted molar refractivity (Wildman–Crippen MR) is 80.2 cm³/mol.